The van der Waals surface area contributed by atoms with Crippen molar-refractivity contribution in [3.8, 4) is 0 Å². The van der Waals surface area contributed by atoms with E-state index in [4.69, 9.17) is 5.73 Å². The van der Waals surface area contributed by atoms with E-state index in [2.05, 4.69) is 28.2 Å². The van der Waals surface area contributed by atoms with E-state index >= 15 is 0 Å². The number of nitrogens with zero attached hydrogens (tertiary/aromatic N) is 2. The molecule has 1 amide bonds. The molecule has 6 nitrogen and oxygen atoms in total. The number of rotatable bonds is 4. The summed E-state index contributed by atoms with van der Waals surface area (Å²) in [6.45, 7) is 3.79. The van der Waals surface area contributed by atoms with E-state index in [1.165, 1.54) is 0 Å². The summed E-state index contributed by atoms with van der Waals surface area (Å²) < 4.78 is 1.72. The first kappa shape index (κ1) is 15.7. The molecule has 0 atom stereocenters. The Balaban J connectivity index is 2.18. The molecule has 1 aromatic heterocycles. The summed E-state index contributed by atoms with van der Waals surface area (Å²) in [7, 11) is 0. The third-order valence-electron chi connectivity index (χ3n) is 3.10. The molecule has 114 valence electrons. The Morgan fingerprint density at radius 1 is 1.32 bits per heavy atom. The van der Waals surface area contributed by atoms with Crippen LogP contribution in [0.25, 0.3) is 0 Å². The number of hydrogen-bond acceptors (Lipinski definition) is 3. The molecule has 0 unspecified atom stereocenters. The lowest BCUT2D eigenvalue weighted by Crippen LogP contribution is -2.25. The van der Waals surface area contributed by atoms with Gasteiger partial charge in [0.25, 0.3) is 5.91 Å². The number of carbonyl (C=O) groups excluding carboxylic acids is 1. The second kappa shape index (κ2) is 6.86. The number of carbonyl (C=O) groups is 1. The molecule has 0 fully saturated rings. The minimum Gasteiger partial charge on any atom is -0.375 e. The molecule has 2 aromatic rings. The van der Waals surface area contributed by atoms with Crippen molar-refractivity contribution in [3.63, 3.8) is 0 Å². The van der Waals surface area contributed by atoms with E-state index in [9.17, 15) is 4.79 Å². The number of nitrogens with one attached hydrogen (secondary N) is 2. The molecule has 0 aliphatic carbocycles. The number of hydrazone groups is 1. The van der Waals surface area contributed by atoms with Gasteiger partial charge in [0.15, 0.2) is 5.11 Å². The van der Waals surface area contributed by atoms with Gasteiger partial charge in [-0.3, -0.25) is 20.3 Å². The number of benzene rings is 1. The smallest absolute Gasteiger partial charge is 0.270 e. The maximum absolute atomic E-state index is 12.2. The Hall–Kier alpha value is -2.67. The zero-order chi connectivity index (χ0) is 16.1. The number of aryl methyl sites for hydroxylation is 1. The lowest BCUT2D eigenvalue weighted by Gasteiger charge is -2.11. The standard InChI is InChI=1S/C15H17N5OS/c1-10-8-13(9-17-18-15(16)22)11(2)20(10)19-14(21)12-6-4-3-5-7-12/h3-9H,1-2H3,(H,19,21)(H3,16,18,22)/b17-9-. The highest BCUT2D eigenvalue weighted by molar-refractivity contribution is 7.80. The molecule has 22 heavy (non-hydrogen) atoms. The highest BCUT2D eigenvalue weighted by Crippen LogP contribution is 2.12. The van der Waals surface area contributed by atoms with Crippen LogP contribution in [0.3, 0.4) is 0 Å². The van der Waals surface area contributed by atoms with Crippen LogP contribution in [0.4, 0.5) is 0 Å². The molecule has 0 aliphatic rings. The zero-order valence-corrected chi connectivity index (χ0v) is 13.1. The topological polar surface area (TPSA) is 84.4 Å². The van der Waals surface area contributed by atoms with Crippen molar-refractivity contribution in [2.75, 3.05) is 5.43 Å². The molecule has 0 radical (unpaired) electrons. The fourth-order valence-electron chi connectivity index (χ4n) is 2.01. The highest BCUT2D eigenvalue weighted by atomic mass is 32.1. The van der Waals surface area contributed by atoms with Crippen LogP contribution in [0.1, 0.15) is 27.3 Å². The Morgan fingerprint density at radius 2 is 2.00 bits per heavy atom. The van der Waals surface area contributed by atoms with Crippen LogP contribution >= 0.6 is 12.2 Å². The van der Waals surface area contributed by atoms with Crippen molar-refractivity contribution in [2.45, 2.75) is 13.8 Å². The normalized spacial score (nSPS) is 10.6. The maximum atomic E-state index is 12.2. The molecule has 7 heteroatoms. The minimum atomic E-state index is -0.174. The summed E-state index contributed by atoms with van der Waals surface area (Å²) in [6, 6.07) is 10.9. The van der Waals surface area contributed by atoms with Crippen LogP contribution < -0.4 is 16.6 Å². The largest absolute Gasteiger partial charge is 0.375 e. The predicted octanol–water partition coefficient (Wildman–Crippen LogP) is 1.66. The lowest BCUT2D eigenvalue weighted by molar-refractivity contribution is 0.101. The number of aromatic nitrogens is 1. The monoisotopic (exact) mass is 315 g/mol. The third-order valence-corrected chi connectivity index (χ3v) is 3.19. The average Bonchev–Trinajstić information content (AvgIpc) is 2.75. The van der Waals surface area contributed by atoms with Crippen molar-refractivity contribution in [1.29, 1.82) is 0 Å². The van der Waals surface area contributed by atoms with Gasteiger partial charge in [0.05, 0.1) is 6.21 Å². The van der Waals surface area contributed by atoms with E-state index in [-0.39, 0.29) is 11.0 Å². The fourth-order valence-corrected chi connectivity index (χ4v) is 2.06. The molecule has 2 rings (SSSR count). The fraction of sp³-hybridized carbons (Fsp3) is 0.133. The molecule has 0 saturated heterocycles. The minimum absolute atomic E-state index is 0.0995. The van der Waals surface area contributed by atoms with Gasteiger partial charge < -0.3 is 5.73 Å². The Labute approximate surface area is 134 Å². The summed E-state index contributed by atoms with van der Waals surface area (Å²) in [5, 5.41) is 4.03. The number of thiocarbonyl (C=S) groups is 1. The molecule has 0 aliphatic heterocycles. The van der Waals surface area contributed by atoms with Crippen molar-refractivity contribution in [3.05, 3.63) is 58.9 Å². The molecule has 0 bridgehead atoms. The molecule has 0 spiro atoms. The Morgan fingerprint density at radius 3 is 2.64 bits per heavy atom. The summed E-state index contributed by atoms with van der Waals surface area (Å²) in [4.78, 5) is 12.2. The van der Waals surface area contributed by atoms with E-state index in [0.29, 0.717) is 5.56 Å². The van der Waals surface area contributed by atoms with E-state index in [0.717, 1.165) is 17.0 Å². The van der Waals surface area contributed by atoms with Crippen molar-refractivity contribution in [2.24, 2.45) is 10.8 Å². The summed E-state index contributed by atoms with van der Waals surface area (Å²) in [5.41, 5.74) is 13.9. The highest BCUT2D eigenvalue weighted by Gasteiger charge is 2.11. The summed E-state index contributed by atoms with van der Waals surface area (Å²) in [5.74, 6) is -0.174. The Bertz CT molecular complexity index is 721. The van der Waals surface area contributed by atoms with E-state index in [1.54, 1.807) is 23.0 Å². The van der Waals surface area contributed by atoms with E-state index in [1.807, 2.05) is 38.1 Å². The second-order valence-corrected chi connectivity index (χ2v) is 5.14. The number of amides is 1. The lowest BCUT2D eigenvalue weighted by atomic mass is 10.2. The van der Waals surface area contributed by atoms with Crippen LogP contribution in [-0.4, -0.2) is 21.9 Å². The Kier molecular flexibility index (Phi) is 4.90. The van der Waals surface area contributed by atoms with Crippen LogP contribution in [0.15, 0.2) is 41.5 Å². The third kappa shape index (κ3) is 3.70. The van der Waals surface area contributed by atoms with Gasteiger partial charge in [-0.05, 0) is 44.3 Å². The van der Waals surface area contributed by atoms with Gasteiger partial charge in [-0.25, -0.2) is 0 Å². The van der Waals surface area contributed by atoms with Gasteiger partial charge in [-0.2, -0.15) is 5.10 Å². The molecular weight excluding hydrogens is 298 g/mol. The molecule has 1 aromatic carbocycles. The van der Waals surface area contributed by atoms with Gasteiger partial charge in [-0.1, -0.05) is 18.2 Å². The van der Waals surface area contributed by atoms with Gasteiger partial charge in [0.1, 0.15) is 0 Å². The maximum Gasteiger partial charge on any atom is 0.270 e. The SMILES string of the molecule is Cc1cc(/C=N\NC(N)=S)c(C)n1NC(=O)c1ccccc1. The quantitative estimate of drug-likeness (QED) is 0.455. The first-order chi connectivity index (χ1) is 10.5. The zero-order valence-electron chi connectivity index (χ0n) is 12.3. The van der Waals surface area contributed by atoms with Crippen molar-refractivity contribution >= 4 is 29.5 Å². The first-order valence-corrected chi connectivity index (χ1v) is 7.03. The van der Waals surface area contributed by atoms with Gasteiger partial charge in [-0.15, -0.1) is 0 Å². The second-order valence-electron chi connectivity index (χ2n) is 4.70. The van der Waals surface area contributed by atoms with Crippen LogP contribution in [0.2, 0.25) is 0 Å². The van der Waals surface area contributed by atoms with Gasteiger partial charge >= 0.3 is 0 Å². The first-order valence-electron chi connectivity index (χ1n) is 6.63. The molecule has 0 saturated carbocycles. The van der Waals surface area contributed by atoms with Crippen molar-refractivity contribution < 1.29 is 4.79 Å². The molecular formula is C15H17N5OS. The number of nitrogens with two attached hydrogens (primary N) is 1. The van der Waals surface area contributed by atoms with Crippen LogP contribution in [0, 0.1) is 13.8 Å². The van der Waals surface area contributed by atoms with Crippen LogP contribution in [0.5, 0.6) is 0 Å². The molecule has 1 heterocycles. The summed E-state index contributed by atoms with van der Waals surface area (Å²) in [6.07, 6.45) is 1.60. The molecule has 4 N–H and O–H groups in total. The summed E-state index contributed by atoms with van der Waals surface area (Å²) >= 11 is 4.68. The predicted molar refractivity (Wildman–Crippen MR) is 91.6 cm³/mol. The average molecular weight is 315 g/mol. The van der Waals surface area contributed by atoms with E-state index < -0.39 is 0 Å². The van der Waals surface area contributed by atoms with Crippen LogP contribution in [-0.2, 0) is 0 Å². The van der Waals surface area contributed by atoms with Gasteiger partial charge in [0, 0.05) is 22.5 Å². The number of hydrogen-bond donors (Lipinski definition) is 3. The van der Waals surface area contributed by atoms with Gasteiger partial charge in [0.2, 0.25) is 0 Å². The van der Waals surface area contributed by atoms with Crippen molar-refractivity contribution in [1.82, 2.24) is 10.1 Å².